The standard InChI is InChI=1S/C23H27N5O3/c1-16-13-20(31-26-16)18-14-24-23(27(2)3)25-22(18)19-11-7-8-12-28(19)21(29)15-30-17-9-5-4-6-10-17/h4-6,9-10,13-14,19H,7-8,11-12,15H2,1-3H3/t19-/m0/s1. The molecule has 8 nitrogen and oxygen atoms in total. The summed E-state index contributed by atoms with van der Waals surface area (Å²) in [6, 6.07) is 11.1. The first-order valence-electron chi connectivity index (χ1n) is 10.5. The van der Waals surface area contributed by atoms with Crippen LogP contribution >= 0.6 is 0 Å². The molecular weight excluding hydrogens is 394 g/mol. The van der Waals surface area contributed by atoms with E-state index in [-0.39, 0.29) is 18.6 Å². The predicted octanol–water partition coefficient (Wildman–Crippen LogP) is 3.64. The van der Waals surface area contributed by atoms with Gasteiger partial charge in [0.2, 0.25) is 5.95 Å². The zero-order valence-electron chi connectivity index (χ0n) is 18.1. The maximum Gasteiger partial charge on any atom is 0.261 e. The summed E-state index contributed by atoms with van der Waals surface area (Å²) in [5, 5.41) is 4.01. The highest BCUT2D eigenvalue weighted by molar-refractivity contribution is 5.79. The highest BCUT2D eigenvalue weighted by atomic mass is 16.5. The third-order valence-electron chi connectivity index (χ3n) is 5.34. The van der Waals surface area contributed by atoms with Crippen molar-refractivity contribution in [3.05, 3.63) is 54.0 Å². The van der Waals surface area contributed by atoms with Gasteiger partial charge in [-0.05, 0) is 38.3 Å². The van der Waals surface area contributed by atoms with Crippen LogP contribution in [0.1, 0.15) is 36.7 Å². The Kier molecular flexibility index (Phi) is 6.16. The third-order valence-corrected chi connectivity index (χ3v) is 5.34. The number of piperidine rings is 1. The number of likely N-dealkylation sites (tertiary alicyclic amines) is 1. The zero-order chi connectivity index (χ0) is 21.8. The summed E-state index contributed by atoms with van der Waals surface area (Å²) in [6.45, 7) is 2.53. The number of hydrogen-bond acceptors (Lipinski definition) is 7. The number of benzene rings is 1. The normalized spacial score (nSPS) is 16.2. The van der Waals surface area contributed by atoms with E-state index in [1.54, 1.807) is 6.20 Å². The summed E-state index contributed by atoms with van der Waals surface area (Å²) < 4.78 is 11.2. The van der Waals surface area contributed by atoms with Gasteiger partial charge in [0.05, 0.1) is 23.0 Å². The van der Waals surface area contributed by atoms with Crippen LogP contribution < -0.4 is 9.64 Å². The smallest absolute Gasteiger partial charge is 0.261 e. The quantitative estimate of drug-likeness (QED) is 0.601. The van der Waals surface area contributed by atoms with Crippen molar-refractivity contribution < 1.29 is 14.1 Å². The average Bonchev–Trinajstić information content (AvgIpc) is 3.23. The lowest BCUT2D eigenvalue weighted by Crippen LogP contribution is -2.41. The van der Waals surface area contributed by atoms with Crippen molar-refractivity contribution in [2.45, 2.75) is 32.2 Å². The fourth-order valence-corrected chi connectivity index (χ4v) is 3.79. The van der Waals surface area contributed by atoms with Crippen LogP contribution in [-0.4, -0.2) is 53.2 Å². The van der Waals surface area contributed by atoms with Crippen LogP contribution in [0, 0.1) is 6.92 Å². The molecule has 1 aromatic carbocycles. The Bertz CT molecular complexity index is 1030. The second-order valence-electron chi connectivity index (χ2n) is 7.90. The Morgan fingerprint density at radius 3 is 2.77 bits per heavy atom. The Balaban J connectivity index is 1.64. The van der Waals surface area contributed by atoms with E-state index in [9.17, 15) is 4.79 Å². The van der Waals surface area contributed by atoms with E-state index >= 15 is 0 Å². The molecule has 1 aliphatic rings. The lowest BCUT2D eigenvalue weighted by molar-refractivity contribution is -0.137. The lowest BCUT2D eigenvalue weighted by Gasteiger charge is -2.36. The minimum Gasteiger partial charge on any atom is -0.484 e. The summed E-state index contributed by atoms with van der Waals surface area (Å²) >= 11 is 0. The minimum atomic E-state index is -0.178. The Morgan fingerprint density at radius 1 is 1.26 bits per heavy atom. The molecule has 0 spiro atoms. The van der Waals surface area contributed by atoms with Crippen molar-refractivity contribution in [3.63, 3.8) is 0 Å². The number of nitrogens with zero attached hydrogens (tertiary/aromatic N) is 5. The van der Waals surface area contributed by atoms with Crippen LogP contribution in [0.3, 0.4) is 0 Å². The highest BCUT2D eigenvalue weighted by Crippen LogP contribution is 2.36. The summed E-state index contributed by atoms with van der Waals surface area (Å²) in [5.41, 5.74) is 2.33. The largest absolute Gasteiger partial charge is 0.484 e. The molecule has 1 amide bonds. The van der Waals surface area contributed by atoms with Gasteiger partial charge < -0.3 is 19.1 Å². The van der Waals surface area contributed by atoms with Crippen LogP contribution in [0.15, 0.2) is 47.1 Å². The van der Waals surface area contributed by atoms with E-state index < -0.39 is 0 Å². The van der Waals surface area contributed by atoms with Crippen molar-refractivity contribution >= 4 is 11.9 Å². The Labute approximate surface area is 181 Å². The summed E-state index contributed by atoms with van der Waals surface area (Å²) in [6.07, 6.45) is 4.55. The molecule has 4 rings (SSSR count). The number of anilines is 1. The fraction of sp³-hybridized carbons (Fsp3) is 0.391. The van der Waals surface area contributed by atoms with Crippen LogP contribution in [-0.2, 0) is 4.79 Å². The number of aromatic nitrogens is 3. The van der Waals surface area contributed by atoms with Crippen molar-refractivity contribution in [2.24, 2.45) is 0 Å². The van der Waals surface area contributed by atoms with Crippen LogP contribution in [0.4, 0.5) is 5.95 Å². The first-order valence-corrected chi connectivity index (χ1v) is 10.5. The number of carbonyl (C=O) groups is 1. The predicted molar refractivity (Wildman–Crippen MR) is 117 cm³/mol. The molecule has 0 saturated carbocycles. The molecular formula is C23H27N5O3. The van der Waals surface area contributed by atoms with Gasteiger partial charge in [0.25, 0.3) is 5.91 Å². The summed E-state index contributed by atoms with van der Waals surface area (Å²) in [5.74, 6) is 1.82. The molecule has 1 aliphatic heterocycles. The lowest BCUT2D eigenvalue weighted by atomic mass is 9.95. The highest BCUT2D eigenvalue weighted by Gasteiger charge is 2.32. The molecule has 0 radical (unpaired) electrons. The van der Waals surface area contributed by atoms with Gasteiger partial charge in [-0.25, -0.2) is 9.97 Å². The Hall–Kier alpha value is -3.42. The molecule has 3 aromatic rings. The van der Waals surface area contributed by atoms with E-state index in [0.29, 0.717) is 24.0 Å². The maximum absolute atomic E-state index is 13.1. The first-order chi connectivity index (χ1) is 15.0. The second kappa shape index (κ2) is 9.16. The SMILES string of the molecule is Cc1cc(-c2cnc(N(C)C)nc2[C@@H]2CCCCN2C(=O)COc2ccccc2)on1. The van der Waals surface area contributed by atoms with E-state index in [0.717, 1.165) is 36.2 Å². The van der Waals surface area contributed by atoms with Crippen molar-refractivity contribution in [2.75, 3.05) is 32.1 Å². The van der Waals surface area contributed by atoms with E-state index in [1.165, 1.54) is 0 Å². The maximum atomic E-state index is 13.1. The molecule has 1 saturated heterocycles. The van der Waals surface area contributed by atoms with Gasteiger partial charge in [0.1, 0.15) is 5.75 Å². The molecule has 3 heterocycles. The third kappa shape index (κ3) is 4.68. The molecule has 0 aliphatic carbocycles. The van der Waals surface area contributed by atoms with Gasteiger partial charge in [-0.3, -0.25) is 4.79 Å². The average molecular weight is 422 g/mol. The van der Waals surface area contributed by atoms with Crippen molar-refractivity contribution in [3.8, 4) is 17.1 Å². The first kappa shape index (κ1) is 20.8. The monoisotopic (exact) mass is 421 g/mol. The topological polar surface area (TPSA) is 84.6 Å². The number of para-hydroxylation sites is 1. The van der Waals surface area contributed by atoms with E-state index in [4.69, 9.17) is 14.2 Å². The number of hydrogen-bond donors (Lipinski definition) is 0. The van der Waals surface area contributed by atoms with Gasteiger partial charge in [-0.2, -0.15) is 0 Å². The van der Waals surface area contributed by atoms with Crippen LogP contribution in [0.5, 0.6) is 5.75 Å². The summed E-state index contributed by atoms with van der Waals surface area (Å²) in [7, 11) is 3.80. The van der Waals surface area contributed by atoms with E-state index in [2.05, 4.69) is 10.1 Å². The Morgan fingerprint density at radius 2 is 2.06 bits per heavy atom. The number of amides is 1. The number of carbonyl (C=O) groups excluding carboxylic acids is 1. The number of ether oxygens (including phenoxy) is 1. The fourth-order valence-electron chi connectivity index (χ4n) is 3.79. The molecule has 2 aromatic heterocycles. The van der Waals surface area contributed by atoms with Crippen LogP contribution in [0.25, 0.3) is 11.3 Å². The molecule has 1 atom stereocenters. The zero-order valence-corrected chi connectivity index (χ0v) is 18.1. The molecule has 0 N–H and O–H groups in total. The molecule has 0 unspecified atom stereocenters. The second-order valence-corrected chi connectivity index (χ2v) is 7.90. The molecule has 8 heteroatoms. The molecule has 1 fully saturated rings. The van der Waals surface area contributed by atoms with Gasteiger partial charge in [0.15, 0.2) is 12.4 Å². The summed E-state index contributed by atoms with van der Waals surface area (Å²) in [4.78, 5) is 26.2. The number of rotatable bonds is 6. The minimum absolute atomic E-state index is 0.0110. The van der Waals surface area contributed by atoms with E-state index in [1.807, 2.05) is 67.2 Å². The molecule has 31 heavy (non-hydrogen) atoms. The number of aryl methyl sites for hydroxylation is 1. The van der Waals surface area contributed by atoms with Crippen molar-refractivity contribution in [1.29, 1.82) is 0 Å². The van der Waals surface area contributed by atoms with Gasteiger partial charge in [-0.15, -0.1) is 0 Å². The van der Waals surface area contributed by atoms with Gasteiger partial charge >= 0.3 is 0 Å². The molecule has 162 valence electrons. The van der Waals surface area contributed by atoms with Gasteiger partial charge in [0, 0.05) is 32.9 Å². The van der Waals surface area contributed by atoms with Gasteiger partial charge in [-0.1, -0.05) is 23.4 Å². The van der Waals surface area contributed by atoms with Crippen LogP contribution in [0.2, 0.25) is 0 Å². The molecule has 0 bridgehead atoms. The van der Waals surface area contributed by atoms with Crippen molar-refractivity contribution in [1.82, 2.24) is 20.0 Å².